The summed E-state index contributed by atoms with van der Waals surface area (Å²) in [6.07, 6.45) is -0.695. The average Bonchev–Trinajstić information content (AvgIpc) is 2.03. The molecule has 0 aromatic carbocycles. The number of aliphatic hydroxyl groups is 1. The number of aliphatic hydroxyl groups excluding tert-OH is 1. The fourth-order valence-corrected chi connectivity index (χ4v) is 0.893. The largest absolute Gasteiger partial charge is 0.425 e. The van der Waals surface area contributed by atoms with E-state index in [0.717, 1.165) is 0 Å². The Hall–Kier alpha value is -1.09. The van der Waals surface area contributed by atoms with Crippen LogP contribution in [0, 0.1) is 5.92 Å². The van der Waals surface area contributed by atoms with Gasteiger partial charge in [0, 0.05) is 6.07 Å². The number of hydrogen-bond acceptors (Lipinski definition) is 3. The van der Waals surface area contributed by atoms with Gasteiger partial charge in [-0.1, -0.05) is 19.9 Å². The van der Waals surface area contributed by atoms with Crippen molar-refractivity contribution >= 4 is 0 Å². The van der Waals surface area contributed by atoms with Crippen LogP contribution in [0.15, 0.2) is 27.4 Å². The second-order valence-corrected chi connectivity index (χ2v) is 3.04. The molecule has 1 rings (SSSR count). The van der Waals surface area contributed by atoms with Crippen LogP contribution in [0.4, 0.5) is 0 Å². The molecule has 1 heterocycles. The summed E-state index contributed by atoms with van der Waals surface area (Å²) < 4.78 is 4.79. The van der Waals surface area contributed by atoms with Gasteiger partial charge in [-0.15, -0.1) is 0 Å². The van der Waals surface area contributed by atoms with Crippen LogP contribution >= 0.6 is 0 Å². The van der Waals surface area contributed by atoms with Crippen LogP contribution in [0.5, 0.6) is 0 Å². The summed E-state index contributed by atoms with van der Waals surface area (Å²) in [6.45, 7) is 3.72. The molecule has 0 saturated carbocycles. The molecular weight excluding hydrogens is 156 g/mol. The van der Waals surface area contributed by atoms with Gasteiger partial charge >= 0.3 is 5.63 Å². The fourth-order valence-electron chi connectivity index (χ4n) is 0.893. The third-order valence-corrected chi connectivity index (χ3v) is 1.63. The van der Waals surface area contributed by atoms with Crippen LogP contribution in [0.2, 0.25) is 0 Å². The molecule has 1 aromatic heterocycles. The quantitative estimate of drug-likeness (QED) is 0.724. The van der Waals surface area contributed by atoms with Gasteiger partial charge in [0.05, 0.1) is 0 Å². The van der Waals surface area contributed by atoms with Crippen LogP contribution < -0.4 is 5.63 Å². The van der Waals surface area contributed by atoms with E-state index in [1.54, 1.807) is 12.1 Å². The highest BCUT2D eigenvalue weighted by molar-refractivity contribution is 5.02. The van der Waals surface area contributed by atoms with Gasteiger partial charge in [-0.25, -0.2) is 4.79 Å². The topological polar surface area (TPSA) is 50.4 Å². The minimum absolute atomic E-state index is 0.0514. The van der Waals surface area contributed by atoms with E-state index in [2.05, 4.69) is 0 Å². The molecule has 1 unspecified atom stereocenters. The van der Waals surface area contributed by atoms with Crippen molar-refractivity contribution in [3.8, 4) is 0 Å². The van der Waals surface area contributed by atoms with Crippen LogP contribution in [-0.4, -0.2) is 5.11 Å². The Morgan fingerprint density at radius 1 is 1.42 bits per heavy atom. The fraction of sp³-hybridized carbons (Fsp3) is 0.444. The third kappa shape index (κ3) is 1.95. The first-order valence-electron chi connectivity index (χ1n) is 3.89. The number of hydrogen-bond donors (Lipinski definition) is 1. The van der Waals surface area contributed by atoms with Crippen molar-refractivity contribution in [2.45, 2.75) is 20.0 Å². The van der Waals surface area contributed by atoms with Gasteiger partial charge in [0.15, 0.2) is 0 Å². The Kier molecular flexibility index (Phi) is 2.65. The highest BCUT2D eigenvalue weighted by Crippen LogP contribution is 2.18. The first-order chi connectivity index (χ1) is 5.61. The van der Waals surface area contributed by atoms with E-state index in [0.29, 0.717) is 5.76 Å². The van der Waals surface area contributed by atoms with E-state index in [1.807, 2.05) is 13.8 Å². The molecule has 0 aliphatic heterocycles. The van der Waals surface area contributed by atoms with E-state index >= 15 is 0 Å². The molecule has 0 radical (unpaired) electrons. The van der Waals surface area contributed by atoms with Crippen LogP contribution in [-0.2, 0) is 0 Å². The summed E-state index contributed by atoms with van der Waals surface area (Å²) in [5.74, 6) is 0.382. The maximum atomic E-state index is 10.7. The second kappa shape index (κ2) is 3.54. The van der Waals surface area contributed by atoms with Gasteiger partial charge in [0.2, 0.25) is 0 Å². The summed E-state index contributed by atoms with van der Waals surface area (Å²) in [4.78, 5) is 10.7. The monoisotopic (exact) mass is 168 g/mol. The molecule has 1 atom stereocenters. The molecule has 0 aliphatic rings. The van der Waals surface area contributed by atoms with Crippen LogP contribution in [0.1, 0.15) is 25.7 Å². The lowest BCUT2D eigenvalue weighted by molar-refractivity contribution is 0.0987. The zero-order valence-corrected chi connectivity index (χ0v) is 7.15. The number of rotatable bonds is 2. The summed E-state index contributed by atoms with van der Waals surface area (Å²) >= 11 is 0. The molecule has 1 aromatic rings. The van der Waals surface area contributed by atoms with Crippen LogP contribution in [0.25, 0.3) is 0 Å². The zero-order chi connectivity index (χ0) is 9.14. The maximum Gasteiger partial charge on any atom is 0.335 e. The predicted molar refractivity (Wildman–Crippen MR) is 44.8 cm³/mol. The average molecular weight is 168 g/mol. The van der Waals surface area contributed by atoms with Gasteiger partial charge in [0.25, 0.3) is 0 Å². The molecule has 1 N–H and O–H groups in total. The molecule has 0 amide bonds. The van der Waals surface area contributed by atoms with E-state index in [9.17, 15) is 9.90 Å². The molecule has 0 fully saturated rings. The van der Waals surface area contributed by atoms with E-state index in [-0.39, 0.29) is 5.92 Å². The molecule has 66 valence electrons. The standard InChI is InChI=1S/C9H12O3/c1-6(2)9(11)7-4-3-5-8(10)12-7/h3-6,9,11H,1-2H3. The first-order valence-corrected chi connectivity index (χ1v) is 3.89. The Morgan fingerprint density at radius 2 is 2.08 bits per heavy atom. The van der Waals surface area contributed by atoms with Gasteiger partial charge < -0.3 is 9.52 Å². The van der Waals surface area contributed by atoms with Crippen molar-refractivity contribution in [1.29, 1.82) is 0 Å². The van der Waals surface area contributed by atoms with Crippen molar-refractivity contribution < 1.29 is 9.52 Å². The van der Waals surface area contributed by atoms with Crippen molar-refractivity contribution in [1.82, 2.24) is 0 Å². The van der Waals surface area contributed by atoms with Gasteiger partial charge in [-0.3, -0.25) is 0 Å². The van der Waals surface area contributed by atoms with E-state index < -0.39 is 11.7 Å². The Bertz CT molecular complexity index is 301. The summed E-state index contributed by atoms with van der Waals surface area (Å²) in [5, 5.41) is 9.49. The molecule has 0 bridgehead atoms. The van der Waals surface area contributed by atoms with Crippen molar-refractivity contribution in [2.75, 3.05) is 0 Å². The van der Waals surface area contributed by atoms with Gasteiger partial charge in [-0.05, 0) is 12.0 Å². The lowest BCUT2D eigenvalue weighted by Crippen LogP contribution is -2.08. The normalized spacial score (nSPS) is 13.3. The minimum atomic E-state index is -0.695. The molecule has 0 spiro atoms. The molecule has 0 aliphatic carbocycles. The summed E-state index contributed by atoms with van der Waals surface area (Å²) in [5.41, 5.74) is -0.424. The highest BCUT2D eigenvalue weighted by Gasteiger charge is 2.13. The van der Waals surface area contributed by atoms with Gasteiger partial charge in [-0.2, -0.15) is 0 Å². The predicted octanol–water partition coefficient (Wildman–Crippen LogP) is 1.33. The SMILES string of the molecule is CC(C)C(O)c1cccc(=O)o1. The summed E-state index contributed by atoms with van der Waals surface area (Å²) in [6, 6.07) is 4.50. The zero-order valence-electron chi connectivity index (χ0n) is 7.15. The lowest BCUT2D eigenvalue weighted by atomic mass is 10.1. The molecule has 3 nitrogen and oxygen atoms in total. The second-order valence-electron chi connectivity index (χ2n) is 3.04. The molecule has 12 heavy (non-hydrogen) atoms. The smallest absolute Gasteiger partial charge is 0.335 e. The van der Waals surface area contributed by atoms with Crippen molar-refractivity contribution in [2.24, 2.45) is 5.92 Å². The summed E-state index contributed by atoms with van der Waals surface area (Å²) in [7, 11) is 0. The maximum absolute atomic E-state index is 10.7. The third-order valence-electron chi connectivity index (χ3n) is 1.63. The van der Waals surface area contributed by atoms with E-state index in [1.165, 1.54) is 6.07 Å². The lowest BCUT2D eigenvalue weighted by Gasteiger charge is -2.11. The minimum Gasteiger partial charge on any atom is -0.425 e. The van der Waals surface area contributed by atoms with Crippen molar-refractivity contribution in [3.05, 3.63) is 34.4 Å². The highest BCUT2D eigenvalue weighted by atomic mass is 16.4. The molecular formula is C9H12O3. The Morgan fingerprint density at radius 3 is 2.58 bits per heavy atom. The Balaban J connectivity index is 2.95. The first kappa shape index (κ1) is 9.00. The van der Waals surface area contributed by atoms with Gasteiger partial charge in [0.1, 0.15) is 11.9 Å². The molecule has 0 saturated heterocycles. The van der Waals surface area contributed by atoms with E-state index in [4.69, 9.17) is 4.42 Å². The van der Waals surface area contributed by atoms with Crippen molar-refractivity contribution in [3.63, 3.8) is 0 Å². The molecule has 3 heteroatoms. The van der Waals surface area contributed by atoms with Crippen LogP contribution in [0.3, 0.4) is 0 Å². The Labute approximate surface area is 70.7 Å².